The van der Waals surface area contributed by atoms with Gasteiger partial charge in [-0.25, -0.2) is 0 Å². The van der Waals surface area contributed by atoms with Crippen molar-refractivity contribution in [1.82, 2.24) is 9.97 Å². The number of aryl methyl sites for hydroxylation is 3. The van der Waals surface area contributed by atoms with Gasteiger partial charge in [-0.15, -0.1) is 0 Å². The number of aromatic nitrogens is 2. The number of hydrogen-bond acceptors (Lipinski definition) is 3. The highest BCUT2D eigenvalue weighted by molar-refractivity contribution is 5.80. The first-order chi connectivity index (χ1) is 16.8. The van der Waals surface area contributed by atoms with Crippen LogP contribution < -0.4 is 0 Å². The van der Waals surface area contributed by atoms with E-state index in [0.717, 1.165) is 68.3 Å². The molecular weight excluding hydrogens is 453 g/mol. The number of halogens is 3. The van der Waals surface area contributed by atoms with E-state index in [4.69, 9.17) is 4.98 Å². The van der Waals surface area contributed by atoms with E-state index in [1.807, 2.05) is 0 Å². The third-order valence-corrected chi connectivity index (χ3v) is 6.90. The van der Waals surface area contributed by atoms with Crippen LogP contribution in [0, 0.1) is 0 Å². The van der Waals surface area contributed by atoms with E-state index in [-0.39, 0.29) is 17.9 Å². The second-order valence-corrected chi connectivity index (χ2v) is 9.54. The topological polar surface area (TPSA) is 63.1 Å². The fraction of sp³-hybridized carbons (Fsp3) is 0.464. The zero-order valence-electron chi connectivity index (χ0n) is 19.8. The van der Waals surface area contributed by atoms with Crippen molar-refractivity contribution in [2.75, 3.05) is 0 Å². The maximum absolute atomic E-state index is 13.0. The average molecular weight is 485 g/mol. The molecule has 1 aromatic carbocycles. The molecule has 1 N–H and O–H groups in total. The first-order valence-corrected chi connectivity index (χ1v) is 12.5. The lowest BCUT2D eigenvalue weighted by molar-refractivity contribution is -0.138. The van der Waals surface area contributed by atoms with Crippen LogP contribution in [0.25, 0.3) is 10.9 Å². The Bertz CT molecular complexity index is 1180. The van der Waals surface area contributed by atoms with Crippen molar-refractivity contribution < 1.29 is 23.1 Å². The summed E-state index contributed by atoms with van der Waals surface area (Å²) in [6.07, 6.45) is 7.44. The minimum Gasteiger partial charge on any atom is -0.481 e. The number of rotatable bonds is 10. The fourth-order valence-electron chi connectivity index (χ4n) is 4.95. The largest absolute Gasteiger partial charge is 0.481 e. The van der Waals surface area contributed by atoms with E-state index in [9.17, 15) is 23.1 Å². The smallest absolute Gasteiger partial charge is 0.416 e. The van der Waals surface area contributed by atoms with Crippen molar-refractivity contribution in [2.45, 2.75) is 82.7 Å². The van der Waals surface area contributed by atoms with Gasteiger partial charge in [-0.05, 0) is 86.3 Å². The summed E-state index contributed by atoms with van der Waals surface area (Å²) in [5, 5.41) is 9.97. The number of carboxylic acid groups (broad SMARTS) is 1. The molecule has 0 fully saturated rings. The van der Waals surface area contributed by atoms with Gasteiger partial charge in [-0.1, -0.05) is 31.4 Å². The highest BCUT2D eigenvalue weighted by atomic mass is 19.4. The molecule has 4 nitrogen and oxygen atoms in total. The van der Waals surface area contributed by atoms with Crippen LogP contribution in [0.15, 0.2) is 42.6 Å². The van der Waals surface area contributed by atoms with Gasteiger partial charge >= 0.3 is 12.1 Å². The van der Waals surface area contributed by atoms with Gasteiger partial charge in [-0.3, -0.25) is 14.8 Å². The lowest BCUT2D eigenvalue weighted by Crippen LogP contribution is -2.08. The molecule has 35 heavy (non-hydrogen) atoms. The number of hydrogen-bond donors (Lipinski definition) is 1. The number of pyridine rings is 2. The second kappa shape index (κ2) is 11.2. The van der Waals surface area contributed by atoms with Crippen LogP contribution in [0.1, 0.15) is 85.4 Å². The van der Waals surface area contributed by atoms with Gasteiger partial charge in [0.1, 0.15) is 0 Å². The quantitative estimate of drug-likeness (QED) is 0.307. The summed E-state index contributed by atoms with van der Waals surface area (Å²) < 4.78 is 38.9. The summed E-state index contributed by atoms with van der Waals surface area (Å²) >= 11 is 0. The zero-order valence-corrected chi connectivity index (χ0v) is 19.8. The lowest BCUT2D eigenvalue weighted by Gasteiger charge is -2.16. The van der Waals surface area contributed by atoms with Crippen molar-refractivity contribution in [3.05, 3.63) is 70.7 Å². The molecule has 7 heteroatoms. The summed E-state index contributed by atoms with van der Waals surface area (Å²) in [5.41, 5.74) is 4.10. The highest BCUT2D eigenvalue weighted by Gasteiger charge is 2.30. The van der Waals surface area contributed by atoms with Crippen LogP contribution in [0.4, 0.5) is 13.2 Å². The van der Waals surface area contributed by atoms with E-state index >= 15 is 0 Å². The Morgan fingerprint density at radius 1 is 1.00 bits per heavy atom. The lowest BCUT2D eigenvalue weighted by atomic mass is 9.90. The van der Waals surface area contributed by atoms with Crippen molar-refractivity contribution in [2.24, 2.45) is 0 Å². The Morgan fingerprint density at radius 3 is 2.60 bits per heavy atom. The number of carbonyl (C=O) groups is 1. The summed E-state index contributed by atoms with van der Waals surface area (Å²) in [6.45, 7) is 0. The predicted molar refractivity (Wildman–Crippen MR) is 129 cm³/mol. The predicted octanol–water partition coefficient (Wildman–Crippen LogP) is 7.28. The maximum atomic E-state index is 13.0. The van der Waals surface area contributed by atoms with Gasteiger partial charge in [0, 0.05) is 23.0 Å². The van der Waals surface area contributed by atoms with E-state index < -0.39 is 17.7 Å². The van der Waals surface area contributed by atoms with Crippen LogP contribution in [-0.2, 0) is 30.2 Å². The molecule has 4 rings (SSSR count). The van der Waals surface area contributed by atoms with E-state index in [2.05, 4.69) is 17.1 Å². The molecule has 1 aliphatic rings. The minimum atomic E-state index is -4.42. The van der Waals surface area contributed by atoms with Gasteiger partial charge < -0.3 is 5.11 Å². The number of fused-ring (bicyclic) bond motifs is 2. The van der Waals surface area contributed by atoms with Crippen LogP contribution >= 0.6 is 0 Å². The Morgan fingerprint density at radius 2 is 1.80 bits per heavy atom. The maximum Gasteiger partial charge on any atom is 0.416 e. The van der Waals surface area contributed by atoms with Gasteiger partial charge in [-0.2, -0.15) is 13.2 Å². The Balaban J connectivity index is 1.30. The van der Waals surface area contributed by atoms with Gasteiger partial charge in [0.05, 0.1) is 17.5 Å². The molecule has 1 atom stereocenters. The third kappa shape index (κ3) is 6.80. The molecule has 3 aromatic rings. The second-order valence-electron chi connectivity index (χ2n) is 9.54. The average Bonchev–Trinajstić information content (AvgIpc) is 2.83. The van der Waals surface area contributed by atoms with Gasteiger partial charge in [0.25, 0.3) is 0 Å². The van der Waals surface area contributed by atoms with Crippen LogP contribution in [0.2, 0.25) is 0 Å². The molecule has 0 radical (unpaired) electrons. The first-order valence-electron chi connectivity index (χ1n) is 12.5. The molecule has 0 saturated heterocycles. The molecule has 1 unspecified atom stereocenters. The number of aliphatic carboxylic acids is 1. The van der Waals surface area contributed by atoms with Crippen LogP contribution in [0.3, 0.4) is 0 Å². The summed E-state index contributed by atoms with van der Waals surface area (Å²) in [4.78, 5) is 20.5. The molecular formula is C28H31F3N2O2. The molecule has 0 amide bonds. The monoisotopic (exact) mass is 484 g/mol. The molecule has 1 aliphatic carbocycles. The number of carboxylic acids is 1. The van der Waals surface area contributed by atoms with E-state index in [1.165, 1.54) is 36.4 Å². The van der Waals surface area contributed by atoms with Crippen molar-refractivity contribution in [1.29, 1.82) is 0 Å². The van der Waals surface area contributed by atoms with Gasteiger partial charge in [0.2, 0.25) is 0 Å². The highest BCUT2D eigenvalue weighted by Crippen LogP contribution is 2.33. The van der Waals surface area contributed by atoms with Crippen molar-refractivity contribution >= 4 is 16.9 Å². The SMILES string of the molecule is O=C(O)CC(CCCCCCc1ccc2c(n1)CCCC2)c1cnc2cc(C(F)(F)F)ccc2c1. The normalized spacial score (nSPS) is 14.6. The Labute approximate surface area is 203 Å². The summed E-state index contributed by atoms with van der Waals surface area (Å²) in [7, 11) is 0. The molecule has 186 valence electrons. The molecule has 0 aliphatic heterocycles. The van der Waals surface area contributed by atoms with Crippen LogP contribution in [-0.4, -0.2) is 21.0 Å². The van der Waals surface area contributed by atoms with Crippen molar-refractivity contribution in [3.63, 3.8) is 0 Å². The van der Waals surface area contributed by atoms with Gasteiger partial charge in [0.15, 0.2) is 0 Å². The standard InChI is InChI=1S/C28H31F3N2O2/c29-28(30,31)23-13-11-21-15-22(18-32-26(21)17-23)20(16-27(34)35)8-3-1-2-4-9-24-14-12-19-7-5-6-10-25(19)33-24/h11-15,17-18,20H,1-10,16H2,(H,34,35). The molecule has 2 aromatic heterocycles. The fourth-order valence-corrected chi connectivity index (χ4v) is 4.95. The number of benzene rings is 1. The Hall–Kier alpha value is -2.96. The summed E-state index contributed by atoms with van der Waals surface area (Å²) in [6, 6.07) is 9.63. The molecule has 0 saturated carbocycles. The summed E-state index contributed by atoms with van der Waals surface area (Å²) in [5.74, 6) is -1.10. The van der Waals surface area contributed by atoms with Crippen molar-refractivity contribution in [3.8, 4) is 0 Å². The molecule has 2 heterocycles. The zero-order chi connectivity index (χ0) is 24.8. The number of nitrogens with zero attached hydrogens (tertiary/aromatic N) is 2. The number of unbranched alkanes of at least 4 members (excludes halogenated alkanes) is 3. The number of alkyl halides is 3. The molecule has 0 spiro atoms. The van der Waals surface area contributed by atoms with E-state index in [0.29, 0.717) is 11.8 Å². The van der Waals surface area contributed by atoms with Crippen LogP contribution in [0.5, 0.6) is 0 Å². The van der Waals surface area contributed by atoms with E-state index in [1.54, 1.807) is 6.07 Å². The molecule has 0 bridgehead atoms. The Kier molecular flexibility index (Phi) is 8.04. The third-order valence-electron chi connectivity index (χ3n) is 6.90. The first kappa shape index (κ1) is 25.1. The minimum absolute atomic E-state index is 0.0210.